The fourth-order valence-electron chi connectivity index (χ4n) is 2.06. The van der Waals surface area contributed by atoms with E-state index < -0.39 is 0 Å². The van der Waals surface area contributed by atoms with Gasteiger partial charge in [0.1, 0.15) is 5.75 Å². The summed E-state index contributed by atoms with van der Waals surface area (Å²) in [6.45, 7) is 1.52. The molecule has 1 aromatic heterocycles. The molecule has 0 aromatic carbocycles. The third kappa shape index (κ3) is 2.33. The molecule has 1 fully saturated rings. The van der Waals surface area contributed by atoms with Crippen molar-refractivity contribution in [1.82, 2.24) is 4.98 Å². The zero-order valence-corrected chi connectivity index (χ0v) is 9.61. The number of methoxy groups -OCH3 is 1. The normalized spacial score (nSPS) is 26.1. The number of hydrogen-bond acceptors (Lipinski definition) is 4. The van der Waals surface area contributed by atoms with Crippen LogP contribution in [0.1, 0.15) is 24.8 Å². The smallest absolute Gasteiger partial charge is 0.137 e. The molecule has 0 radical (unpaired) electrons. The third-order valence-electron chi connectivity index (χ3n) is 3.13. The van der Waals surface area contributed by atoms with E-state index >= 15 is 0 Å². The van der Waals surface area contributed by atoms with Crippen LogP contribution in [-0.4, -0.2) is 25.3 Å². The van der Waals surface area contributed by atoms with Crippen LogP contribution in [0, 0.1) is 0 Å². The standard InChI is InChI=1S/C12H18N2O2/c1-15-11-7-10(8-14-9-11)12(13)3-2-5-16-6-4-12/h7-9H,2-6,13H2,1H3. The van der Waals surface area contributed by atoms with Gasteiger partial charge in [0.25, 0.3) is 0 Å². The molecule has 2 heterocycles. The minimum absolute atomic E-state index is 0.321. The van der Waals surface area contributed by atoms with Gasteiger partial charge in [0.15, 0.2) is 0 Å². The Morgan fingerprint density at radius 2 is 2.25 bits per heavy atom. The molecule has 4 heteroatoms. The molecule has 0 saturated carbocycles. The average Bonchev–Trinajstić information content (AvgIpc) is 2.55. The van der Waals surface area contributed by atoms with Gasteiger partial charge < -0.3 is 15.2 Å². The molecular formula is C12H18N2O2. The molecular weight excluding hydrogens is 204 g/mol. The van der Waals surface area contributed by atoms with Crippen molar-refractivity contribution < 1.29 is 9.47 Å². The number of nitrogens with zero attached hydrogens (tertiary/aromatic N) is 1. The Bertz CT molecular complexity index is 347. The summed E-state index contributed by atoms with van der Waals surface area (Å²) in [4.78, 5) is 4.16. The predicted octanol–water partition coefficient (Wildman–Crippen LogP) is 1.44. The Morgan fingerprint density at radius 1 is 1.38 bits per heavy atom. The second kappa shape index (κ2) is 4.80. The van der Waals surface area contributed by atoms with Gasteiger partial charge in [-0.2, -0.15) is 0 Å². The highest BCUT2D eigenvalue weighted by atomic mass is 16.5. The fraction of sp³-hybridized carbons (Fsp3) is 0.583. The molecule has 1 aliphatic heterocycles. The van der Waals surface area contributed by atoms with Gasteiger partial charge in [-0.15, -0.1) is 0 Å². The Balaban J connectivity index is 2.25. The Labute approximate surface area is 95.8 Å². The topological polar surface area (TPSA) is 57.4 Å². The zero-order chi connectivity index (χ0) is 11.4. The van der Waals surface area contributed by atoms with Gasteiger partial charge in [-0.1, -0.05) is 0 Å². The largest absolute Gasteiger partial charge is 0.495 e. The van der Waals surface area contributed by atoms with Gasteiger partial charge in [-0.3, -0.25) is 4.98 Å². The first kappa shape index (κ1) is 11.4. The molecule has 1 atom stereocenters. The molecule has 16 heavy (non-hydrogen) atoms. The summed E-state index contributed by atoms with van der Waals surface area (Å²) in [5.74, 6) is 0.757. The molecule has 1 aliphatic rings. The molecule has 2 rings (SSSR count). The van der Waals surface area contributed by atoms with Crippen molar-refractivity contribution in [2.75, 3.05) is 20.3 Å². The number of ether oxygens (including phenoxy) is 2. The number of hydrogen-bond donors (Lipinski definition) is 1. The quantitative estimate of drug-likeness (QED) is 0.822. The van der Waals surface area contributed by atoms with Gasteiger partial charge in [0, 0.05) is 24.9 Å². The summed E-state index contributed by atoms with van der Waals surface area (Å²) in [5, 5.41) is 0. The van der Waals surface area contributed by atoms with E-state index in [1.165, 1.54) is 0 Å². The molecule has 0 amide bonds. The van der Waals surface area contributed by atoms with Gasteiger partial charge in [0.05, 0.1) is 13.3 Å². The SMILES string of the molecule is COc1cncc(C2(N)CCCOCC2)c1. The molecule has 0 bridgehead atoms. The van der Waals surface area contributed by atoms with Crippen molar-refractivity contribution in [2.45, 2.75) is 24.8 Å². The van der Waals surface area contributed by atoms with Crippen LogP contribution >= 0.6 is 0 Å². The minimum atomic E-state index is -0.321. The molecule has 88 valence electrons. The summed E-state index contributed by atoms with van der Waals surface area (Å²) >= 11 is 0. The molecule has 0 spiro atoms. The van der Waals surface area contributed by atoms with Crippen LogP contribution in [0.5, 0.6) is 5.75 Å². The van der Waals surface area contributed by atoms with E-state index in [-0.39, 0.29) is 5.54 Å². The highest BCUT2D eigenvalue weighted by Crippen LogP contribution is 2.30. The van der Waals surface area contributed by atoms with E-state index in [2.05, 4.69) is 4.98 Å². The zero-order valence-electron chi connectivity index (χ0n) is 9.61. The van der Waals surface area contributed by atoms with Crippen LogP contribution in [0.3, 0.4) is 0 Å². The summed E-state index contributed by atoms with van der Waals surface area (Å²) in [7, 11) is 1.64. The number of aromatic nitrogens is 1. The van der Waals surface area contributed by atoms with E-state index in [1.807, 2.05) is 12.3 Å². The van der Waals surface area contributed by atoms with E-state index in [4.69, 9.17) is 15.2 Å². The maximum Gasteiger partial charge on any atom is 0.137 e. The van der Waals surface area contributed by atoms with Crippen molar-refractivity contribution in [2.24, 2.45) is 5.73 Å². The average molecular weight is 222 g/mol. The second-order valence-electron chi connectivity index (χ2n) is 4.24. The highest BCUT2D eigenvalue weighted by Gasteiger charge is 2.29. The fourth-order valence-corrected chi connectivity index (χ4v) is 2.06. The first-order valence-electron chi connectivity index (χ1n) is 5.61. The molecule has 2 N–H and O–H groups in total. The van der Waals surface area contributed by atoms with E-state index in [1.54, 1.807) is 13.3 Å². The highest BCUT2D eigenvalue weighted by molar-refractivity contribution is 5.29. The lowest BCUT2D eigenvalue weighted by atomic mass is 9.85. The number of rotatable bonds is 2. The lowest BCUT2D eigenvalue weighted by Crippen LogP contribution is -2.37. The Hall–Kier alpha value is -1.13. The molecule has 4 nitrogen and oxygen atoms in total. The molecule has 1 unspecified atom stereocenters. The van der Waals surface area contributed by atoms with Crippen molar-refractivity contribution in [3.63, 3.8) is 0 Å². The molecule has 1 aromatic rings. The van der Waals surface area contributed by atoms with Gasteiger partial charge in [-0.25, -0.2) is 0 Å². The van der Waals surface area contributed by atoms with Crippen LogP contribution in [0.2, 0.25) is 0 Å². The first-order chi connectivity index (χ1) is 7.74. The van der Waals surface area contributed by atoms with E-state index in [9.17, 15) is 0 Å². The lowest BCUT2D eigenvalue weighted by Gasteiger charge is -2.27. The van der Waals surface area contributed by atoms with Crippen molar-refractivity contribution in [3.8, 4) is 5.75 Å². The van der Waals surface area contributed by atoms with Crippen molar-refractivity contribution in [3.05, 3.63) is 24.0 Å². The summed E-state index contributed by atoms with van der Waals surface area (Å²) < 4.78 is 10.6. The van der Waals surface area contributed by atoms with Crippen LogP contribution in [0.25, 0.3) is 0 Å². The summed E-state index contributed by atoms with van der Waals surface area (Å²) in [6, 6.07) is 1.97. The van der Waals surface area contributed by atoms with Gasteiger partial charge in [-0.05, 0) is 30.9 Å². The van der Waals surface area contributed by atoms with E-state index in [0.29, 0.717) is 6.61 Å². The summed E-state index contributed by atoms with van der Waals surface area (Å²) in [5.41, 5.74) is 7.15. The number of pyridine rings is 1. The molecule has 0 aliphatic carbocycles. The van der Waals surface area contributed by atoms with Crippen LogP contribution < -0.4 is 10.5 Å². The van der Waals surface area contributed by atoms with Crippen LogP contribution in [0.4, 0.5) is 0 Å². The first-order valence-corrected chi connectivity index (χ1v) is 5.61. The van der Waals surface area contributed by atoms with Gasteiger partial charge in [0.2, 0.25) is 0 Å². The second-order valence-corrected chi connectivity index (χ2v) is 4.24. The number of nitrogens with two attached hydrogens (primary N) is 1. The summed E-state index contributed by atoms with van der Waals surface area (Å²) in [6.07, 6.45) is 6.28. The Morgan fingerprint density at radius 3 is 3.06 bits per heavy atom. The molecule has 1 saturated heterocycles. The maximum atomic E-state index is 6.43. The monoisotopic (exact) mass is 222 g/mol. The van der Waals surface area contributed by atoms with Crippen molar-refractivity contribution >= 4 is 0 Å². The maximum absolute atomic E-state index is 6.43. The van der Waals surface area contributed by atoms with Gasteiger partial charge >= 0.3 is 0 Å². The van der Waals surface area contributed by atoms with Crippen LogP contribution in [-0.2, 0) is 10.3 Å². The van der Waals surface area contributed by atoms with E-state index in [0.717, 1.165) is 37.2 Å². The lowest BCUT2D eigenvalue weighted by molar-refractivity contribution is 0.139. The van der Waals surface area contributed by atoms with Crippen LogP contribution in [0.15, 0.2) is 18.5 Å². The minimum Gasteiger partial charge on any atom is -0.495 e. The third-order valence-corrected chi connectivity index (χ3v) is 3.13. The van der Waals surface area contributed by atoms with Crippen molar-refractivity contribution in [1.29, 1.82) is 0 Å². The Kier molecular flexibility index (Phi) is 3.41. The predicted molar refractivity (Wildman–Crippen MR) is 61.3 cm³/mol.